The second-order valence-electron chi connectivity index (χ2n) is 3.05. The Morgan fingerprint density at radius 1 is 1.43 bits per heavy atom. The molecule has 1 N–H and O–H groups in total. The monoisotopic (exact) mass is 193 g/mol. The minimum atomic E-state index is -0.403. The smallest absolute Gasteiger partial charge is 0.248 e. The third-order valence-corrected chi connectivity index (χ3v) is 1.96. The van der Waals surface area contributed by atoms with E-state index in [0.717, 1.165) is 5.56 Å². The summed E-state index contributed by atoms with van der Waals surface area (Å²) in [5.41, 5.74) is 1.07. The number of likely N-dealkylation sites (N-methyl/N-ethyl adjacent to an activating group) is 1. The average molecular weight is 193 g/mol. The number of benzene rings is 1. The second-order valence-corrected chi connectivity index (χ2v) is 3.05. The molecule has 0 aliphatic heterocycles. The molecule has 0 aliphatic carbocycles. The van der Waals surface area contributed by atoms with Crippen molar-refractivity contribution in [1.82, 2.24) is 5.32 Å². The SMILES string of the molecule is CNC(=O)[C@@H](C)OCc1ccccc1. The van der Waals surface area contributed by atoms with Crippen molar-refractivity contribution in [3.63, 3.8) is 0 Å². The summed E-state index contributed by atoms with van der Waals surface area (Å²) < 4.78 is 5.37. The van der Waals surface area contributed by atoms with Crippen molar-refractivity contribution in [2.75, 3.05) is 7.05 Å². The minimum Gasteiger partial charge on any atom is -0.364 e. The molecule has 1 rings (SSSR count). The maximum atomic E-state index is 11.1. The number of carbonyl (C=O) groups excluding carboxylic acids is 1. The molecule has 0 fully saturated rings. The number of nitrogens with one attached hydrogen (secondary N) is 1. The molecule has 1 amide bonds. The van der Waals surface area contributed by atoms with Gasteiger partial charge in [-0.1, -0.05) is 30.3 Å². The van der Waals surface area contributed by atoms with Crippen LogP contribution in [-0.2, 0) is 16.1 Å². The molecule has 0 heterocycles. The van der Waals surface area contributed by atoms with Crippen LogP contribution in [0, 0.1) is 0 Å². The van der Waals surface area contributed by atoms with E-state index in [4.69, 9.17) is 4.74 Å². The highest BCUT2D eigenvalue weighted by atomic mass is 16.5. The fourth-order valence-corrected chi connectivity index (χ4v) is 1.07. The Balaban J connectivity index is 2.38. The first-order valence-electron chi connectivity index (χ1n) is 4.61. The molecular weight excluding hydrogens is 178 g/mol. The molecule has 0 saturated heterocycles. The summed E-state index contributed by atoms with van der Waals surface area (Å²) in [4.78, 5) is 11.1. The van der Waals surface area contributed by atoms with E-state index in [1.807, 2.05) is 30.3 Å². The Bertz CT molecular complexity index is 285. The maximum Gasteiger partial charge on any atom is 0.248 e. The molecule has 0 aliphatic rings. The zero-order chi connectivity index (χ0) is 10.4. The van der Waals surface area contributed by atoms with Gasteiger partial charge in [0.1, 0.15) is 6.10 Å². The van der Waals surface area contributed by atoms with Crippen molar-refractivity contribution >= 4 is 5.91 Å². The van der Waals surface area contributed by atoms with Crippen LogP contribution in [0.1, 0.15) is 12.5 Å². The average Bonchev–Trinajstić information content (AvgIpc) is 2.26. The molecule has 1 aromatic rings. The molecule has 1 aromatic carbocycles. The van der Waals surface area contributed by atoms with Gasteiger partial charge in [0, 0.05) is 7.05 Å². The van der Waals surface area contributed by atoms with Crippen LogP contribution in [0.2, 0.25) is 0 Å². The molecule has 76 valence electrons. The summed E-state index contributed by atoms with van der Waals surface area (Å²) in [6.45, 7) is 2.21. The standard InChI is InChI=1S/C11H15NO2/c1-9(11(13)12-2)14-8-10-6-4-3-5-7-10/h3-7,9H,8H2,1-2H3,(H,12,13)/t9-/m1/s1. The topological polar surface area (TPSA) is 38.3 Å². The van der Waals surface area contributed by atoms with E-state index in [2.05, 4.69) is 5.32 Å². The van der Waals surface area contributed by atoms with E-state index in [0.29, 0.717) is 6.61 Å². The predicted molar refractivity (Wildman–Crippen MR) is 54.8 cm³/mol. The van der Waals surface area contributed by atoms with Crippen molar-refractivity contribution in [3.8, 4) is 0 Å². The van der Waals surface area contributed by atoms with Crippen molar-refractivity contribution in [1.29, 1.82) is 0 Å². The van der Waals surface area contributed by atoms with Crippen LogP contribution in [0.3, 0.4) is 0 Å². The van der Waals surface area contributed by atoms with Crippen LogP contribution >= 0.6 is 0 Å². The first-order chi connectivity index (χ1) is 6.74. The highest BCUT2D eigenvalue weighted by molar-refractivity contribution is 5.79. The number of amides is 1. The fraction of sp³-hybridized carbons (Fsp3) is 0.364. The molecular formula is C11H15NO2. The number of hydrogen-bond acceptors (Lipinski definition) is 2. The lowest BCUT2D eigenvalue weighted by atomic mass is 10.2. The summed E-state index contributed by atoms with van der Waals surface area (Å²) in [7, 11) is 1.60. The summed E-state index contributed by atoms with van der Waals surface area (Å²) in [5, 5.41) is 2.54. The Morgan fingerprint density at radius 3 is 2.64 bits per heavy atom. The second kappa shape index (κ2) is 5.40. The number of hydrogen-bond donors (Lipinski definition) is 1. The van der Waals surface area contributed by atoms with Crippen molar-refractivity contribution < 1.29 is 9.53 Å². The van der Waals surface area contributed by atoms with Gasteiger partial charge in [-0.15, -0.1) is 0 Å². The first kappa shape index (κ1) is 10.7. The maximum absolute atomic E-state index is 11.1. The van der Waals surface area contributed by atoms with Crippen molar-refractivity contribution in [3.05, 3.63) is 35.9 Å². The van der Waals surface area contributed by atoms with Gasteiger partial charge in [-0.05, 0) is 12.5 Å². The number of ether oxygens (including phenoxy) is 1. The fourth-order valence-electron chi connectivity index (χ4n) is 1.07. The predicted octanol–water partition coefficient (Wildman–Crippen LogP) is 1.34. The number of rotatable bonds is 4. The van der Waals surface area contributed by atoms with Crippen LogP contribution in [0.5, 0.6) is 0 Å². The minimum absolute atomic E-state index is 0.0964. The lowest BCUT2D eigenvalue weighted by molar-refractivity contribution is -0.131. The molecule has 0 unspecified atom stereocenters. The molecule has 0 aromatic heterocycles. The highest BCUT2D eigenvalue weighted by Gasteiger charge is 2.10. The summed E-state index contributed by atoms with van der Waals surface area (Å²) >= 11 is 0. The highest BCUT2D eigenvalue weighted by Crippen LogP contribution is 2.02. The van der Waals surface area contributed by atoms with Gasteiger partial charge in [0.2, 0.25) is 5.91 Å². The Kier molecular flexibility index (Phi) is 4.13. The molecule has 3 nitrogen and oxygen atoms in total. The van der Waals surface area contributed by atoms with Gasteiger partial charge in [0.15, 0.2) is 0 Å². The third kappa shape index (κ3) is 3.18. The molecule has 0 bridgehead atoms. The summed E-state index contributed by atoms with van der Waals surface area (Å²) in [6, 6.07) is 9.78. The molecule has 0 spiro atoms. The van der Waals surface area contributed by atoms with Gasteiger partial charge in [-0.2, -0.15) is 0 Å². The first-order valence-corrected chi connectivity index (χ1v) is 4.61. The van der Waals surface area contributed by atoms with Gasteiger partial charge >= 0.3 is 0 Å². The lowest BCUT2D eigenvalue weighted by Crippen LogP contribution is -2.31. The molecule has 1 atom stereocenters. The molecule has 0 saturated carbocycles. The largest absolute Gasteiger partial charge is 0.364 e. The normalized spacial score (nSPS) is 12.1. The van der Waals surface area contributed by atoms with E-state index in [1.54, 1.807) is 14.0 Å². The van der Waals surface area contributed by atoms with Gasteiger partial charge in [0.05, 0.1) is 6.61 Å². The van der Waals surface area contributed by atoms with E-state index >= 15 is 0 Å². The Morgan fingerprint density at radius 2 is 2.07 bits per heavy atom. The Hall–Kier alpha value is -1.35. The van der Waals surface area contributed by atoms with Crippen molar-refractivity contribution in [2.24, 2.45) is 0 Å². The van der Waals surface area contributed by atoms with E-state index in [9.17, 15) is 4.79 Å². The van der Waals surface area contributed by atoms with Crippen LogP contribution < -0.4 is 5.32 Å². The van der Waals surface area contributed by atoms with Crippen LogP contribution in [0.25, 0.3) is 0 Å². The van der Waals surface area contributed by atoms with Gasteiger partial charge < -0.3 is 10.1 Å². The van der Waals surface area contributed by atoms with Crippen LogP contribution in [0.15, 0.2) is 30.3 Å². The quantitative estimate of drug-likeness (QED) is 0.783. The van der Waals surface area contributed by atoms with Gasteiger partial charge in [-0.3, -0.25) is 4.79 Å². The lowest BCUT2D eigenvalue weighted by Gasteiger charge is -2.11. The number of carbonyl (C=O) groups is 1. The molecule has 14 heavy (non-hydrogen) atoms. The van der Waals surface area contributed by atoms with Gasteiger partial charge in [-0.25, -0.2) is 0 Å². The van der Waals surface area contributed by atoms with Crippen LogP contribution in [0.4, 0.5) is 0 Å². The molecule has 0 radical (unpaired) electrons. The summed E-state index contributed by atoms with van der Waals surface area (Å²) in [5.74, 6) is -0.0964. The zero-order valence-electron chi connectivity index (χ0n) is 8.49. The van der Waals surface area contributed by atoms with Crippen LogP contribution in [-0.4, -0.2) is 19.1 Å². The summed E-state index contributed by atoms with van der Waals surface area (Å²) in [6.07, 6.45) is -0.403. The Labute approximate surface area is 84.1 Å². The third-order valence-electron chi connectivity index (χ3n) is 1.96. The zero-order valence-corrected chi connectivity index (χ0v) is 8.49. The van der Waals surface area contributed by atoms with E-state index < -0.39 is 6.10 Å². The van der Waals surface area contributed by atoms with E-state index in [-0.39, 0.29) is 5.91 Å². The van der Waals surface area contributed by atoms with Gasteiger partial charge in [0.25, 0.3) is 0 Å². The van der Waals surface area contributed by atoms with Crippen molar-refractivity contribution in [2.45, 2.75) is 19.6 Å². The van der Waals surface area contributed by atoms with E-state index in [1.165, 1.54) is 0 Å². The molecule has 3 heteroatoms.